The SMILES string of the molecule is CC1=CCC(C)(C)CCC12OCCO2. The van der Waals surface area contributed by atoms with E-state index in [0.29, 0.717) is 5.41 Å². The van der Waals surface area contributed by atoms with E-state index >= 15 is 0 Å². The molecule has 0 radical (unpaired) electrons. The zero-order valence-corrected chi connectivity index (χ0v) is 9.43. The second-order valence-electron chi connectivity index (χ2n) is 5.21. The van der Waals surface area contributed by atoms with Crippen LogP contribution in [0.1, 0.15) is 40.0 Å². The van der Waals surface area contributed by atoms with Crippen LogP contribution in [-0.4, -0.2) is 19.0 Å². The van der Waals surface area contributed by atoms with Crippen LogP contribution in [-0.2, 0) is 9.47 Å². The summed E-state index contributed by atoms with van der Waals surface area (Å²) in [5.74, 6) is -0.367. The van der Waals surface area contributed by atoms with E-state index in [9.17, 15) is 0 Å². The van der Waals surface area contributed by atoms with Crippen molar-refractivity contribution in [3.05, 3.63) is 11.6 Å². The quantitative estimate of drug-likeness (QED) is 0.555. The van der Waals surface area contributed by atoms with E-state index in [1.165, 1.54) is 12.0 Å². The summed E-state index contributed by atoms with van der Waals surface area (Å²) in [7, 11) is 0. The Morgan fingerprint density at radius 2 is 1.79 bits per heavy atom. The summed E-state index contributed by atoms with van der Waals surface area (Å²) in [6.07, 6.45) is 5.59. The van der Waals surface area contributed by atoms with E-state index in [1.54, 1.807) is 0 Å². The third kappa shape index (κ3) is 1.73. The molecule has 0 aromatic rings. The lowest BCUT2D eigenvalue weighted by molar-refractivity contribution is -0.133. The first-order chi connectivity index (χ1) is 6.54. The van der Waals surface area contributed by atoms with Gasteiger partial charge >= 0.3 is 0 Å². The lowest BCUT2D eigenvalue weighted by Gasteiger charge is -2.28. The Hall–Kier alpha value is -0.340. The summed E-state index contributed by atoms with van der Waals surface area (Å²) in [5.41, 5.74) is 1.65. The highest BCUT2D eigenvalue weighted by molar-refractivity contribution is 5.15. The second-order valence-corrected chi connectivity index (χ2v) is 5.21. The first kappa shape index (κ1) is 10.2. The molecule has 0 amide bonds. The summed E-state index contributed by atoms with van der Waals surface area (Å²) in [4.78, 5) is 0. The van der Waals surface area contributed by atoms with Crippen molar-refractivity contribution in [3.8, 4) is 0 Å². The number of hydrogen-bond donors (Lipinski definition) is 0. The van der Waals surface area contributed by atoms with Gasteiger partial charge in [0.05, 0.1) is 13.2 Å². The maximum absolute atomic E-state index is 5.78. The fraction of sp³-hybridized carbons (Fsp3) is 0.833. The minimum atomic E-state index is -0.367. The fourth-order valence-corrected chi connectivity index (χ4v) is 2.21. The molecule has 2 nitrogen and oxygen atoms in total. The zero-order valence-electron chi connectivity index (χ0n) is 9.43. The summed E-state index contributed by atoms with van der Waals surface area (Å²) < 4.78 is 11.6. The van der Waals surface area contributed by atoms with Gasteiger partial charge in [0, 0.05) is 6.42 Å². The Morgan fingerprint density at radius 3 is 2.43 bits per heavy atom. The van der Waals surface area contributed by atoms with Gasteiger partial charge in [0.25, 0.3) is 0 Å². The van der Waals surface area contributed by atoms with Crippen LogP contribution in [0.4, 0.5) is 0 Å². The normalized spacial score (nSPS) is 30.1. The van der Waals surface area contributed by atoms with Crippen LogP contribution < -0.4 is 0 Å². The molecule has 1 fully saturated rings. The molecule has 0 atom stereocenters. The van der Waals surface area contributed by atoms with E-state index in [4.69, 9.17) is 9.47 Å². The van der Waals surface area contributed by atoms with Crippen molar-refractivity contribution >= 4 is 0 Å². The van der Waals surface area contributed by atoms with Crippen LogP contribution in [0.15, 0.2) is 11.6 Å². The van der Waals surface area contributed by atoms with Crippen molar-refractivity contribution in [1.82, 2.24) is 0 Å². The van der Waals surface area contributed by atoms with E-state index in [0.717, 1.165) is 26.1 Å². The molecule has 0 N–H and O–H groups in total. The molecule has 0 unspecified atom stereocenters. The predicted octanol–water partition coefficient (Wildman–Crippen LogP) is 2.89. The van der Waals surface area contributed by atoms with Gasteiger partial charge in [-0.1, -0.05) is 19.9 Å². The summed E-state index contributed by atoms with van der Waals surface area (Å²) in [6.45, 7) is 8.24. The van der Waals surface area contributed by atoms with Crippen molar-refractivity contribution in [2.75, 3.05) is 13.2 Å². The molecule has 1 aliphatic carbocycles. The average Bonchev–Trinajstić information content (AvgIpc) is 2.57. The Morgan fingerprint density at radius 1 is 1.14 bits per heavy atom. The average molecular weight is 196 g/mol. The highest BCUT2D eigenvalue weighted by atomic mass is 16.7. The van der Waals surface area contributed by atoms with E-state index in [-0.39, 0.29) is 5.79 Å². The van der Waals surface area contributed by atoms with Crippen molar-refractivity contribution in [3.63, 3.8) is 0 Å². The molecule has 0 bridgehead atoms. The van der Waals surface area contributed by atoms with Crippen molar-refractivity contribution < 1.29 is 9.47 Å². The molecule has 2 aliphatic rings. The third-order valence-electron chi connectivity index (χ3n) is 3.45. The summed E-state index contributed by atoms with van der Waals surface area (Å²) >= 11 is 0. The Labute approximate surface area is 86.3 Å². The van der Waals surface area contributed by atoms with Crippen molar-refractivity contribution in [2.45, 2.75) is 45.8 Å². The molecule has 0 aromatic heterocycles. The number of allylic oxidation sites excluding steroid dienone is 1. The van der Waals surface area contributed by atoms with Gasteiger partial charge in [0.15, 0.2) is 5.79 Å². The number of ether oxygens (including phenoxy) is 2. The van der Waals surface area contributed by atoms with Crippen LogP contribution in [0.25, 0.3) is 0 Å². The van der Waals surface area contributed by atoms with Gasteiger partial charge in [-0.2, -0.15) is 0 Å². The predicted molar refractivity (Wildman–Crippen MR) is 56.0 cm³/mol. The van der Waals surface area contributed by atoms with E-state index in [2.05, 4.69) is 26.8 Å². The lowest BCUT2D eigenvalue weighted by atomic mass is 9.85. The lowest BCUT2D eigenvalue weighted by Crippen LogP contribution is -2.31. The smallest absolute Gasteiger partial charge is 0.190 e. The van der Waals surface area contributed by atoms with E-state index < -0.39 is 0 Å². The van der Waals surface area contributed by atoms with Crippen LogP contribution in [0.2, 0.25) is 0 Å². The molecule has 2 rings (SSSR count). The van der Waals surface area contributed by atoms with Gasteiger partial charge < -0.3 is 9.47 Å². The Kier molecular flexibility index (Phi) is 2.44. The zero-order chi connectivity index (χ0) is 10.2. The number of hydrogen-bond acceptors (Lipinski definition) is 2. The molecule has 1 heterocycles. The third-order valence-corrected chi connectivity index (χ3v) is 3.45. The monoisotopic (exact) mass is 196 g/mol. The van der Waals surface area contributed by atoms with Crippen LogP contribution in [0.5, 0.6) is 0 Å². The minimum absolute atomic E-state index is 0.367. The Balaban J connectivity index is 2.20. The van der Waals surface area contributed by atoms with Gasteiger partial charge in [0.1, 0.15) is 0 Å². The molecular weight excluding hydrogens is 176 g/mol. The van der Waals surface area contributed by atoms with Gasteiger partial charge in [-0.05, 0) is 30.8 Å². The highest BCUT2D eigenvalue weighted by Crippen LogP contribution is 2.41. The molecule has 1 spiro atoms. The van der Waals surface area contributed by atoms with Crippen LogP contribution in [0.3, 0.4) is 0 Å². The maximum atomic E-state index is 5.78. The standard InChI is InChI=1S/C12H20O2/c1-10-4-5-11(2,3)6-7-12(10)13-8-9-14-12/h4H,5-9H2,1-3H3. The largest absolute Gasteiger partial charge is 0.344 e. The number of rotatable bonds is 0. The summed E-state index contributed by atoms with van der Waals surface area (Å²) in [5, 5.41) is 0. The van der Waals surface area contributed by atoms with Crippen LogP contribution in [0, 0.1) is 5.41 Å². The molecule has 2 heteroatoms. The van der Waals surface area contributed by atoms with Crippen LogP contribution >= 0.6 is 0 Å². The molecule has 0 aromatic carbocycles. The first-order valence-corrected chi connectivity index (χ1v) is 5.49. The fourth-order valence-electron chi connectivity index (χ4n) is 2.21. The van der Waals surface area contributed by atoms with Gasteiger partial charge in [-0.3, -0.25) is 0 Å². The second kappa shape index (κ2) is 3.35. The van der Waals surface area contributed by atoms with Gasteiger partial charge in [0.2, 0.25) is 0 Å². The van der Waals surface area contributed by atoms with E-state index in [1.807, 2.05) is 0 Å². The molecule has 80 valence electrons. The molecule has 1 saturated heterocycles. The van der Waals surface area contributed by atoms with Crippen molar-refractivity contribution in [1.29, 1.82) is 0 Å². The highest BCUT2D eigenvalue weighted by Gasteiger charge is 2.41. The van der Waals surface area contributed by atoms with Gasteiger partial charge in [-0.15, -0.1) is 0 Å². The summed E-state index contributed by atoms with van der Waals surface area (Å²) in [6, 6.07) is 0. The topological polar surface area (TPSA) is 18.5 Å². The maximum Gasteiger partial charge on any atom is 0.190 e. The molecule has 0 saturated carbocycles. The molecular formula is C12H20O2. The minimum Gasteiger partial charge on any atom is -0.344 e. The van der Waals surface area contributed by atoms with Crippen molar-refractivity contribution in [2.24, 2.45) is 5.41 Å². The Bertz CT molecular complexity index is 247. The van der Waals surface area contributed by atoms with Gasteiger partial charge in [-0.25, -0.2) is 0 Å². The molecule has 1 aliphatic heterocycles. The first-order valence-electron chi connectivity index (χ1n) is 5.49. The molecule has 14 heavy (non-hydrogen) atoms.